The van der Waals surface area contributed by atoms with Crippen LogP contribution in [-0.2, 0) is 19.4 Å². The van der Waals surface area contributed by atoms with E-state index in [4.69, 9.17) is 4.74 Å². The highest BCUT2D eigenvalue weighted by Gasteiger charge is 2.22. The lowest BCUT2D eigenvalue weighted by atomic mass is 9.96. The van der Waals surface area contributed by atoms with Gasteiger partial charge < -0.3 is 14.5 Å². The molecule has 1 fully saturated rings. The van der Waals surface area contributed by atoms with Crippen LogP contribution in [-0.4, -0.2) is 43.2 Å². The van der Waals surface area contributed by atoms with Gasteiger partial charge in [-0.05, 0) is 73.5 Å². The molecule has 3 heterocycles. The monoisotopic (exact) mass is 451 g/mol. The summed E-state index contributed by atoms with van der Waals surface area (Å²) in [5, 5.41) is 0. The van der Waals surface area contributed by atoms with E-state index >= 15 is 0 Å². The molecule has 166 valence electrons. The van der Waals surface area contributed by atoms with Crippen LogP contribution in [0.5, 0.6) is 5.75 Å². The number of likely N-dealkylation sites (N-methyl/N-ethyl adjacent to an activating group) is 1. The minimum atomic E-state index is 0. The van der Waals surface area contributed by atoms with Crippen molar-refractivity contribution >= 4 is 30.5 Å². The number of nitrogens with zero attached hydrogens (tertiary/aromatic N) is 3. The van der Waals surface area contributed by atoms with Crippen molar-refractivity contribution < 1.29 is 4.74 Å². The van der Waals surface area contributed by atoms with E-state index in [1.807, 2.05) is 12.4 Å². The zero-order valence-electron chi connectivity index (χ0n) is 18.2. The molecule has 0 N–H and O–H groups in total. The number of hydrogen-bond acceptors (Lipinski definition) is 4. The molecule has 2 aromatic rings. The first-order valence-electron chi connectivity index (χ1n) is 10.8. The van der Waals surface area contributed by atoms with Crippen LogP contribution in [0.3, 0.4) is 0 Å². The van der Waals surface area contributed by atoms with Crippen molar-refractivity contribution in [2.75, 3.05) is 38.2 Å². The fourth-order valence-electron chi connectivity index (χ4n) is 4.51. The average Bonchev–Trinajstić information content (AvgIpc) is 2.73. The molecule has 0 atom stereocenters. The van der Waals surface area contributed by atoms with E-state index in [1.165, 1.54) is 41.6 Å². The Kier molecular flexibility index (Phi) is 9.73. The van der Waals surface area contributed by atoms with Crippen LogP contribution in [0.15, 0.2) is 36.7 Å². The molecule has 1 aromatic heterocycles. The van der Waals surface area contributed by atoms with Crippen molar-refractivity contribution in [3.63, 3.8) is 0 Å². The maximum Gasteiger partial charge on any atom is 0.119 e. The number of benzene rings is 1. The Balaban J connectivity index is 0.00000160. The van der Waals surface area contributed by atoms with Gasteiger partial charge in [-0.3, -0.25) is 4.98 Å². The second-order valence-electron chi connectivity index (χ2n) is 8.41. The Labute approximate surface area is 193 Å². The number of anilines is 1. The van der Waals surface area contributed by atoms with Crippen molar-refractivity contribution in [1.29, 1.82) is 0 Å². The third kappa shape index (κ3) is 6.03. The first-order chi connectivity index (χ1) is 13.7. The van der Waals surface area contributed by atoms with Crippen molar-refractivity contribution in [2.24, 2.45) is 5.92 Å². The van der Waals surface area contributed by atoms with Crippen LogP contribution in [0.2, 0.25) is 0 Å². The minimum absolute atomic E-state index is 0. The first kappa shape index (κ1) is 24.8. The molecule has 2 aliphatic heterocycles. The molecule has 0 radical (unpaired) electrons. The second-order valence-corrected chi connectivity index (χ2v) is 8.41. The van der Waals surface area contributed by atoms with Crippen molar-refractivity contribution in [2.45, 2.75) is 45.6 Å². The van der Waals surface area contributed by atoms with Crippen LogP contribution >= 0.6 is 24.8 Å². The maximum atomic E-state index is 6.20. The molecule has 1 aromatic carbocycles. The van der Waals surface area contributed by atoms with Crippen LogP contribution < -0.4 is 9.64 Å². The van der Waals surface area contributed by atoms with Gasteiger partial charge in [0.15, 0.2) is 0 Å². The molecule has 2 aliphatic rings. The molecule has 4 nitrogen and oxygen atoms in total. The second kappa shape index (κ2) is 11.8. The molecule has 0 bridgehead atoms. The highest BCUT2D eigenvalue weighted by atomic mass is 35.5. The number of aryl methyl sites for hydroxylation is 1. The summed E-state index contributed by atoms with van der Waals surface area (Å²) in [5.41, 5.74) is 5.69. The number of piperidine rings is 1. The number of fused-ring (bicyclic) bond motifs is 1. The molecule has 0 unspecified atom stereocenters. The van der Waals surface area contributed by atoms with Crippen molar-refractivity contribution in [3.05, 3.63) is 53.3 Å². The Morgan fingerprint density at radius 1 is 1.07 bits per heavy atom. The number of aromatic nitrogens is 1. The molecule has 0 amide bonds. The molecule has 0 aliphatic carbocycles. The smallest absolute Gasteiger partial charge is 0.119 e. The third-order valence-corrected chi connectivity index (χ3v) is 6.22. The third-order valence-electron chi connectivity index (χ3n) is 6.22. The molecule has 0 spiro atoms. The van der Waals surface area contributed by atoms with E-state index in [2.05, 4.69) is 53.0 Å². The Morgan fingerprint density at radius 3 is 2.63 bits per heavy atom. The van der Waals surface area contributed by atoms with Gasteiger partial charge in [-0.15, -0.1) is 24.8 Å². The van der Waals surface area contributed by atoms with Gasteiger partial charge in [0.05, 0.1) is 6.61 Å². The van der Waals surface area contributed by atoms with E-state index in [0.717, 1.165) is 51.4 Å². The van der Waals surface area contributed by atoms with Gasteiger partial charge in [-0.1, -0.05) is 19.4 Å². The summed E-state index contributed by atoms with van der Waals surface area (Å²) >= 11 is 0. The summed E-state index contributed by atoms with van der Waals surface area (Å²) in [7, 11) is 2.19. The van der Waals surface area contributed by atoms with Crippen LogP contribution in [0, 0.1) is 5.92 Å². The number of rotatable bonds is 6. The summed E-state index contributed by atoms with van der Waals surface area (Å²) < 4.78 is 6.20. The SMILES string of the molecule is CCCc1cnccc1N1CCC(COc2ccc3c(c2)CN(C)CC3)CC1.Cl.Cl. The molecule has 6 heteroatoms. The Morgan fingerprint density at radius 2 is 1.87 bits per heavy atom. The van der Waals surface area contributed by atoms with Gasteiger partial charge in [0.25, 0.3) is 0 Å². The number of ether oxygens (including phenoxy) is 1. The average molecular weight is 452 g/mol. The zero-order chi connectivity index (χ0) is 19.3. The zero-order valence-corrected chi connectivity index (χ0v) is 19.8. The summed E-state index contributed by atoms with van der Waals surface area (Å²) in [4.78, 5) is 9.24. The number of hydrogen-bond donors (Lipinski definition) is 0. The lowest BCUT2D eigenvalue weighted by molar-refractivity contribution is 0.222. The fraction of sp³-hybridized carbons (Fsp3) is 0.542. The maximum absolute atomic E-state index is 6.20. The van der Waals surface area contributed by atoms with Gasteiger partial charge in [0.2, 0.25) is 0 Å². The summed E-state index contributed by atoms with van der Waals surface area (Å²) in [6.45, 7) is 7.49. The topological polar surface area (TPSA) is 28.6 Å². The molecule has 4 rings (SSSR count). The van der Waals surface area contributed by atoms with E-state index in [0.29, 0.717) is 5.92 Å². The van der Waals surface area contributed by atoms with Crippen LogP contribution in [0.25, 0.3) is 0 Å². The lowest BCUT2D eigenvalue weighted by Crippen LogP contribution is -2.36. The quantitative estimate of drug-likeness (QED) is 0.605. The van der Waals surface area contributed by atoms with Crippen LogP contribution in [0.1, 0.15) is 42.9 Å². The fourth-order valence-corrected chi connectivity index (χ4v) is 4.51. The van der Waals surface area contributed by atoms with E-state index in [1.54, 1.807) is 0 Å². The van der Waals surface area contributed by atoms with Gasteiger partial charge in [-0.2, -0.15) is 0 Å². The predicted molar refractivity (Wildman–Crippen MR) is 130 cm³/mol. The predicted octanol–water partition coefficient (Wildman–Crippen LogP) is 5.16. The lowest BCUT2D eigenvalue weighted by Gasteiger charge is -2.34. The molecule has 1 saturated heterocycles. The van der Waals surface area contributed by atoms with Gasteiger partial charge in [0, 0.05) is 44.3 Å². The van der Waals surface area contributed by atoms with E-state index in [9.17, 15) is 0 Å². The summed E-state index contributed by atoms with van der Waals surface area (Å²) in [6.07, 6.45) is 9.79. The standard InChI is InChI=1S/C24H33N3O.2ClH/c1-3-4-21-16-25-11-7-24(21)27-13-8-19(9-14-27)18-28-23-6-5-20-10-12-26(2)17-22(20)15-23;;/h5-7,11,15-16,19H,3-4,8-10,12-14,17-18H2,1-2H3;2*1H. The largest absolute Gasteiger partial charge is 0.493 e. The Bertz CT molecular complexity index is 794. The highest BCUT2D eigenvalue weighted by Crippen LogP contribution is 2.28. The normalized spacial score (nSPS) is 16.9. The van der Waals surface area contributed by atoms with E-state index < -0.39 is 0 Å². The number of pyridine rings is 1. The van der Waals surface area contributed by atoms with Gasteiger partial charge in [0.1, 0.15) is 5.75 Å². The first-order valence-corrected chi connectivity index (χ1v) is 10.8. The van der Waals surface area contributed by atoms with Crippen molar-refractivity contribution in [1.82, 2.24) is 9.88 Å². The highest BCUT2D eigenvalue weighted by molar-refractivity contribution is 5.85. The molecule has 30 heavy (non-hydrogen) atoms. The number of halogens is 2. The molecular weight excluding hydrogens is 417 g/mol. The minimum Gasteiger partial charge on any atom is -0.493 e. The van der Waals surface area contributed by atoms with Gasteiger partial charge >= 0.3 is 0 Å². The summed E-state index contributed by atoms with van der Waals surface area (Å²) in [6, 6.07) is 8.87. The molecule has 0 saturated carbocycles. The Hall–Kier alpha value is -1.49. The van der Waals surface area contributed by atoms with Gasteiger partial charge in [-0.25, -0.2) is 0 Å². The van der Waals surface area contributed by atoms with E-state index in [-0.39, 0.29) is 24.8 Å². The summed E-state index contributed by atoms with van der Waals surface area (Å²) in [5.74, 6) is 1.68. The molecular formula is C24H35Cl2N3O. The van der Waals surface area contributed by atoms with Crippen LogP contribution in [0.4, 0.5) is 5.69 Å². The van der Waals surface area contributed by atoms with Crippen molar-refractivity contribution in [3.8, 4) is 5.75 Å².